The number of hydrogen-bond acceptors (Lipinski definition) is 4. The summed E-state index contributed by atoms with van der Waals surface area (Å²) in [7, 11) is 0. The Morgan fingerprint density at radius 3 is 2.78 bits per heavy atom. The molecule has 0 aliphatic rings. The third-order valence-corrected chi connectivity index (χ3v) is 2.37. The van der Waals surface area contributed by atoms with Crippen molar-refractivity contribution in [3.63, 3.8) is 0 Å². The standard InChI is InChI=1S/C11H17N3O4/c15-7-3-1-2-5-12-10(17)8-14-6-4-9(16)13-11(14)18/h4,6,15H,1-3,5,7-8H2,(H,12,17)(H,13,16,18). The van der Waals surface area contributed by atoms with Crippen LogP contribution in [0.5, 0.6) is 0 Å². The van der Waals surface area contributed by atoms with Gasteiger partial charge in [-0.05, 0) is 19.3 Å². The van der Waals surface area contributed by atoms with Crippen LogP contribution < -0.4 is 16.6 Å². The Bertz CT molecular complexity index is 492. The number of carbonyl (C=O) groups excluding carboxylic acids is 1. The zero-order valence-electron chi connectivity index (χ0n) is 10.0. The van der Waals surface area contributed by atoms with Gasteiger partial charge in [0, 0.05) is 25.4 Å². The lowest BCUT2D eigenvalue weighted by Crippen LogP contribution is -2.35. The average molecular weight is 255 g/mol. The number of carbonyl (C=O) groups is 1. The highest BCUT2D eigenvalue weighted by Gasteiger charge is 2.03. The molecule has 0 fully saturated rings. The first kappa shape index (κ1) is 14.2. The number of aliphatic hydroxyl groups excluding tert-OH is 1. The second-order valence-corrected chi connectivity index (χ2v) is 3.87. The molecule has 1 aromatic heterocycles. The molecule has 18 heavy (non-hydrogen) atoms. The fraction of sp³-hybridized carbons (Fsp3) is 0.545. The molecule has 7 nitrogen and oxygen atoms in total. The highest BCUT2D eigenvalue weighted by molar-refractivity contribution is 5.75. The van der Waals surface area contributed by atoms with Crippen molar-refractivity contribution in [2.24, 2.45) is 0 Å². The Kier molecular flexibility index (Phi) is 5.86. The van der Waals surface area contributed by atoms with Crippen LogP contribution in [0.4, 0.5) is 0 Å². The van der Waals surface area contributed by atoms with Crippen LogP contribution in [0.1, 0.15) is 19.3 Å². The maximum atomic E-state index is 11.5. The molecule has 0 aliphatic carbocycles. The van der Waals surface area contributed by atoms with Crippen molar-refractivity contribution in [3.05, 3.63) is 33.1 Å². The van der Waals surface area contributed by atoms with Crippen LogP contribution >= 0.6 is 0 Å². The Hall–Kier alpha value is -1.89. The van der Waals surface area contributed by atoms with Crippen molar-refractivity contribution < 1.29 is 9.90 Å². The molecular weight excluding hydrogens is 238 g/mol. The van der Waals surface area contributed by atoms with Gasteiger partial charge in [0.25, 0.3) is 5.56 Å². The zero-order chi connectivity index (χ0) is 13.4. The van der Waals surface area contributed by atoms with Gasteiger partial charge >= 0.3 is 5.69 Å². The van der Waals surface area contributed by atoms with E-state index in [4.69, 9.17) is 5.11 Å². The molecule has 7 heteroatoms. The van der Waals surface area contributed by atoms with Gasteiger partial charge in [-0.3, -0.25) is 19.1 Å². The number of aromatic amines is 1. The monoisotopic (exact) mass is 255 g/mol. The van der Waals surface area contributed by atoms with Gasteiger partial charge in [-0.1, -0.05) is 0 Å². The molecule has 0 aromatic carbocycles. The van der Waals surface area contributed by atoms with Crippen LogP contribution in [-0.4, -0.2) is 33.7 Å². The lowest BCUT2D eigenvalue weighted by atomic mass is 10.2. The molecule has 1 amide bonds. The third-order valence-electron chi connectivity index (χ3n) is 2.37. The predicted octanol–water partition coefficient (Wildman–Crippen LogP) is -1.18. The van der Waals surface area contributed by atoms with E-state index in [1.165, 1.54) is 12.3 Å². The number of hydrogen-bond donors (Lipinski definition) is 3. The van der Waals surface area contributed by atoms with Crippen LogP contribution in [0.2, 0.25) is 0 Å². The van der Waals surface area contributed by atoms with Crippen LogP contribution in [0.3, 0.4) is 0 Å². The molecule has 0 spiro atoms. The summed E-state index contributed by atoms with van der Waals surface area (Å²) in [5.41, 5.74) is -1.08. The minimum atomic E-state index is -0.599. The van der Waals surface area contributed by atoms with Crippen LogP contribution in [0, 0.1) is 0 Å². The van der Waals surface area contributed by atoms with Gasteiger partial charge < -0.3 is 10.4 Å². The van der Waals surface area contributed by atoms with Crippen LogP contribution in [0.25, 0.3) is 0 Å². The fourth-order valence-electron chi connectivity index (χ4n) is 1.42. The molecule has 100 valence electrons. The number of amides is 1. The molecule has 1 heterocycles. The summed E-state index contributed by atoms with van der Waals surface area (Å²) in [6, 6.07) is 1.19. The zero-order valence-corrected chi connectivity index (χ0v) is 10.0. The Morgan fingerprint density at radius 1 is 1.33 bits per heavy atom. The average Bonchev–Trinajstić information content (AvgIpc) is 2.32. The minimum absolute atomic E-state index is 0.115. The molecule has 1 aromatic rings. The van der Waals surface area contributed by atoms with Crippen molar-refractivity contribution >= 4 is 5.91 Å². The summed E-state index contributed by atoms with van der Waals surface area (Å²) in [6.45, 7) is 0.549. The van der Waals surface area contributed by atoms with E-state index in [-0.39, 0.29) is 19.1 Å². The van der Waals surface area contributed by atoms with Gasteiger partial charge in [0.2, 0.25) is 5.91 Å². The number of aromatic nitrogens is 2. The van der Waals surface area contributed by atoms with E-state index in [1.807, 2.05) is 0 Å². The lowest BCUT2D eigenvalue weighted by Gasteiger charge is -2.06. The van der Waals surface area contributed by atoms with Gasteiger partial charge in [-0.2, -0.15) is 0 Å². The molecule has 0 unspecified atom stereocenters. The lowest BCUT2D eigenvalue weighted by molar-refractivity contribution is -0.121. The molecule has 0 bridgehead atoms. The second kappa shape index (κ2) is 7.44. The van der Waals surface area contributed by atoms with E-state index in [2.05, 4.69) is 10.3 Å². The van der Waals surface area contributed by atoms with Crippen molar-refractivity contribution in [1.82, 2.24) is 14.9 Å². The second-order valence-electron chi connectivity index (χ2n) is 3.87. The maximum absolute atomic E-state index is 11.5. The number of nitrogens with one attached hydrogen (secondary N) is 2. The summed E-state index contributed by atoms with van der Waals surface area (Å²) in [5, 5.41) is 11.2. The maximum Gasteiger partial charge on any atom is 0.328 e. The fourth-order valence-corrected chi connectivity index (χ4v) is 1.42. The smallest absolute Gasteiger partial charge is 0.328 e. The molecular formula is C11H17N3O4. The molecule has 1 rings (SSSR count). The SMILES string of the molecule is O=C(Cn1ccc(=O)[nH]c1=O)NCCCCCO. The normalized spacial score (nSPS) is 10.3. The van der Waals surface area contributed by atoms with Crippen molar-refractivity contribution in [2.75, 3.05) is 13.2 Å². The summed E-state index contributed by atoms with van der Waals surface area (Å²) in [6.07, 6.45) is 3.63. The summed E-state index contributed by atoms with van der Waals surface area (Å²) in [5.74, 6) is -0.284. The van der Waals surface area contributed by atoms with Crippen LogP contribution in [-0.2, 0) is 11.3 Å². The van der Waals surface area contributed by atoms with Crippen LogP contribution in [0.15, 0.2) is 21.9 Å². The summed E-state index contributed by atoms with van der Waals surface area (Å²) in [4.78, 5) is 35.6. The predicted molar refractivity (Wildman–Crippen MR) is 65.3 cm³/mol. The summed E-state index contributed by atoms with van der Waals surface area (Å²) < 4.78 is 1.13. The number of aliphatic hydroxyl groups is 1. The minimum Gasteiger partial charge on any atom is -0.396 e. The van der Waals surface area contributed by atoms with Gasteiger partial charge in [0.1, 0.15) is 6.54 Å². The third kappa shape index (κ3) is 4.96. The number of H-pyrrole nitrogens is 1. The molecule has 0 atom stereocenters. The van der Waals surface area contributed by atoms with Gasteiger partial charge in [0.05, 0.1) is 0 Å². The van der Waals surface area contributed by atoms with E-state index < -0.39 is 11.2 Å². The highest BCUT2D eigenvalue weighted by atomic mass is 16.3. The summed E-state index contributed by atoms with van der Waals surface area (Å²) >= 11 is 0. The topological polar surface area (TPSA) is 104 Å². The Balaban J connectivity index is 2.36. The molecule has 0 saturated heterocycles. The van der Waals surface area contributed by atoms with E-state index in [1.54, 1.807) is 0 Å². The number of unbranched alkanes of at least 4 members (excludes halogenated alkanes) is 2. The van der Waals surface area contributed by atoms with Gasteiger partial charge in [0.15, 0.2) is 0 Å². The number of rotatable bonds is 7. The Morgan fingerprint density at radius 2 is 2.11 bits per heavy atom. The quantitative estimate of drug-likeness (QED) is 0.533. The number of nitrogens with zero attached hydrogens (tertiary/aromatic N) is 1. The molecule has 0 radical (unpaired) electrons. The van der Waals surface area contributed by atoms with Crippen molar-refractivity contribution in [1.29, 1.82) is 0 Å². The van der Waals surface area contributed by atoms with E-state index in [0.717, 1.165) is 23.8 Å². The van der Waals surface area contributed by atoms with Gasteiger partial charge in [-0.15, -0.1) is 0 Å². The van der Waals surface area contributed by atoms with Crippen molar-refractivity contribution in [2.45, 2.75) is 25.8 Å². The van der Waals surface area contributed by atoms with E-state index in [0.29, 0.717) is 6.54 Å². The first-order valence-electron chi connectivity index (χ1n) is 5.81. The largest absolute Gasteiger partial charge is 0.396 e. The first-order valence-corrected chi connectivity index (χ1v) is 5.81. The van der Waals surface area contributed by atoms with Crippen molar-refractivity contribution in [3.8, 4) is 0 Å². The Labute approximate surface area is 103 Å². The molecule has 3 N–H and O–H groups in total. The van der Waals surface area contributed by atoms with E-state index in [9.17, 15) is 14.4 Å². The highest BCUT2D eigenvalue weighted by Crippen LogP contribution is 1.91. The van der Waals surface area contributed by atoms with Gasteiger partial charge in [-0.25, -0.2) is 4.79 Å². The van der Waals surface area contributed by atoms with E-state index >= 15 is 0 Å². The molecule has 0 saturated carbocycles. The molecule has 0 aliphatic heterocycles. The first-order chi connectivity index (χ1) is 8.63.